The van der Waals surface area contributed by atoms with Crippen LogP contribution in [0.2, 0.25) is 0 Å². The van der Waals surface area contributed by atoms with E-state index < -0.39 is 18.6 Å². The monoisotopic (exact) mass is 904 g/mol. The van der Waals surface area contributed by atoms with Crippen LogP contribution in [0.25, 0.3) is 22.5 Å². The first-order valence-electron chi connectivity index (χ1n) is 20.3. The number of imidazole rings is 2. The number of H-pyrrole nitrogens is 2. The van der Waals surface area contributed by atoms with Gasteiger partial charge in [-0.05, 0) is 98.5 Å². The van der Waals surface area contributed by atoms with Crippen molar-refractivity contribution in [2.75, 3.05) is 26.2 Å². The van der Waals surface area contributed by atoms with Crippen LogP contribution in [-0.4, -0.2) is 91.3 Å². The van der Waals surface area contributed by atoms with Crippen LogP contribution in [0.15, 0.2) is 84.9 Å². The van der Waals surface area contributed by atoms with Crippen molar-refractivity contribution < 1.29 is 46.2 Å². The molecule has 2 aliphatic rings. The molecule has 8 rings (SSSR count). The van der Waals surface area contributed by atoms with Gasteiger partial charge in [0.05, 0.1) is 34.7 Å². The molecule has 338 valence electrons. The van der Waals surface area contributed by atoms with E-state index in [9.17, 15) is 36.3 Å². The summed E-state index contributed by atoms with van der Waals surface area (Å²) in [6.45, 7) is 9.63. The molecule has 4 aromatic carbocycles. The molecule has 2 fully saturated rings. The fourth-order valence-corrected chi connectivity index (χ4v) is 7.43. The number of benzene rings is 4. The van der Waals surface area contributed by atoms with Crippen LogP contribution >= 0.6 is 0 Å². The molecule has 0 unspecified atom stereocenters. The average Bonchev–Trinajstić information content (AvgIpc) is 3.85. The van der Waals surface area contributed by atoms with E-state index in [4.69, 9.17) is 20.4 Å². The molecule has 0 saturated carbocycles. The van der Waals surface area contributed by atoms with Crippen LogP contribution in [0.5, 0.6) is 0 Å². The lowest BCUT2D eigenvalue weighted by Gasteiger charge is -2.39. The van der Waals surface area contributed by atoms with Crippen LogP contribution in [0.1, 0.15) is 100 Å². The Morgan fingerprint density at radius 3 is 1.47 bits per heavy atom. The lowest BCUT2D eigenvalue weighted by Crippen LogP contribution is -2.48. The number of hydrogen-bond donors (Lipinski definition) is 3. The number of nitrogens with zero attached hydrogens (tertiary/aromatic N) is 6. The minimum atomic E-state index is -5.08. The normalized spacial score (nSPS) is 13.5. The third kappa shape index (κ3) is 10.7. The number of alkyl halides is 5. The number of carboxylic acids is 1. The number of rotatable bonds is 8. The Bertz CT molecular complexity index is 2860. The predicted molar refractivity (Wildman–Crippen MR) is 231 cm³/mol. The summed E-state index contributed by atoms with van der Waals surface area (Å²) < 4.78 is 58.5. The number of amides is 2. The smallest absolute Gasteiger partial charge is 0.475 e. The molecule has 13 nitrogen and oxygen atoms in total. The van der Waals surface area contributed by atoms with E-state index in [0.717, 1.165) is 34.1 Å². The highest BCUT2D eigenvalue weighted by Gasteiger charge is 2.38. The number of carbonyl (C=O) groups is 4. The Kier molecular flexibility index (Phi) is 14.3. The van der Waals surface area contributed by atoms with E-state index >= 15 is 0 Å². The minimum absolute atomic E-state index is 0.0314. The van der Waals surface area contributed by atoms with Gasteiger partial charge in [-0.15, -0.1) is 0 Å². The fraction of sp³-hybridized carbons (Fsp3) is 0.250. The molecular weight excluding hydrogens is 864 g/mol. The van der Waals surface area contributed by atoms with Crippen molar-refractivity contribution in [3.63, 3.8) is 0 Å². The van der Waals surface area contributed by atoms with Crippen molar-refractivity contribution in [2.24, 2.45) is 0 Å². The Morgan fingerprint density at radius 1 is 0.697 bits per heavy atom. The van der Waals surface area contributed by atoms with Gasteiger partial charge in [0.15, 0.2) is 6.29 Å². The van der Waals surface area contributed by atoms with Crippen molar-refractivity contribution in [3.05, 3.63) is 152 Å². The summed E-state index contributed by atoms with van der Waals surface area (Å²) in [5, 5.41) is 24.9. The second kappa shape index (κ2) is 19.8. The van der Waals surface area contributed by atoms with Gasteiger partial charge in [-0.2, -0.15) is 23.7 Å². The lowest BCUT2D eigenvalue weighted by molar-refractivity contribution is -0.192. The van der Waals surface area contributed by atoms with Gasteiger partial charge >= 0.3 is 12.1 Å². The molecule has 0 bridgehead atoms. The highest BCUT2D eigenvalue weighted by Crippen LogP contribution is 2.35. The predicted octanol–water partition coefficient (Wildman–Crippen LogP) is 8.99. The summed E-state index contributed by atoms with van der Waals surface area (Å²) in [5.41, 5.74) is 8.51. The minimum Gasteiger partial charge on any atom is -0.475 e. The summed E-state index contributed by atoms with van der Waals surface area (Å²) >= 11 is 0. The summed E-state index contributed by atoms with van der Waals surface area (Å²) in [6.07, 6.45) is -7.01. The maximum atomic E-state index is 13.4. The molecule has 2 amide bonds. The summed E-state index contributed by atoms with van der Waals surface area (Å²) in [7, 11) is 0. The number of aromatic amines is 2. The first kappa shape index (κ1) is 47.5. The molecule has 0 aliphatic carbocycles. The van der Waals surface area contributed by atoms with Gasteiger partial charge in [0.25, 0.3) is 18.2 Å². The van der Waals surface area contributed by atoms with Crippen LogP contribution in [0, 0.1) is 50.4 Å². The number of likely N-dealkylation sites (tertiary alicyclic amines) is 2. The quantitative estimate of drug-likeness (QED) is 0.0985. The van der Waals surface area contributed by atoms with Crippen molar-refractivity contribution in [1.29, 1.82) is 10.5 Å². The van der Waals surface area contributed by atoms with E-state index in [-0.39, 0.29) is 35.0 Å². The molecule has 0 radical (unpaired) electrons. The number of halogens is 5. The Labute approximate surface area is 375 Å². The number of aromatic nitrogens is 4. The van der Waals surface area contributed by atoms with Crippen LogP contribution in [-0.2, 0) is 4.79 Å². The zero-order chi connectivity index (χ0) is 48.0. The van der Waals surface area contributed by atoms with Gasteiger partial charge in [0.2, 0.25) is 0 Å². The van der Waals surface area contributed by atoms with E-state index in [1.54, 1.807) is 49.1 Å². The highest BCUT2D eigenvalue weighted by atomic mass is 19.4. The number of nitriles is 2. The molecule has 66 heavy (non-hydrogen) atoms. The standard InChI is InChI=1S/C23H20F2N4O.C23H20N4O2.C2HF3O2/c1-13-3-6-17(9-19(13)20-21(22(24)25)28-14(2)27-20)23(30)29-11-18(12-29)16-7-4-15(10-26)5-8-16;1-14-3-6-18(9-20(14)22-21(13-28)25-15(2)26-22)23(29)27-11-19(12-27)17-7-4-16(10-24)5-8-17;3-2(4,5)1(6)7/h3-9,18,22H,11-12H2,1-2H3,(H,27,28);3-9,13,19H,11-12H2,1-2H3,(H,25,26);(H,6,7). The van der Waals surface area contributed by atoms with Gasteiger partial charge in [-0.25, -0.2) is 23.5 Å². The van der Waals surface area contributed by atoms with Gasteiger partial charge in [0.1, 0.15) is 23.0 Å². The molecular formula is C48H41F5N8O5. The molecule has 2 aliphatic heterocycles. The zero-order valence-corrected chi connectivity index (χ0v) is 35.9. The number of aldehydes is 1. The SMILES string of the molecule is Cc1nc(-c2cc(C(=O)N3CC(c4ccc(C#N)cc4)C3)ccc2C)c(C(F)F)[nH]1.Cc1nc(-c2cc(C(=O)N3CC(c4ccc(C#N)cc4)C3)ccc2C)c(C=O)[nH]1.O=C(O)C(F)(F)F. The van der Waals surface area contributed by atoms with E-state index in [1.807, 2.05) is 73.3 Å². The number of aryl methyl sites for hydroxylation is 4. The van der Waals surface area contributed by atoms with Crippen molar-refractivity contribution in [1.82, 2.24) is 29.7 Å². The summed E-state index contributed by atoms with van der Waals surface area (Å²) in [5.74, 6) is -1.34. The maximum absolute atomic E-state index is 13.4. The zero-order valence-electron chi connectivity index (χ0n) is 35.9. The van der Waals surface area contributed by atoms with Crippen molar-refractivity contribution in [3.8, 4) is 34.7 Å². The Balaban J connectivity index is 0.000000191. The van der Waals surface area contributed by atoms with Crippen LogP contribution in [0.4, 0.5) is 22.0 Å². The molecule has 6 aromatic rings. The number of aliphatic carboxylic acids is 1. The molecule has 2 aromatic heterocycles. The Hall–Kier alpha value is -7.99. The van der Waals surface area contributed by atoms with Gasteiger partial charge < -0.3 is 24.9 Å². The third-order valence-electron chi connectivity index (χ3n) is 11.1. The van der Waals surface area contributed by atoms with Crippen LogP contribution < -0.4 is 0 Å². The summed E-state index contributed by atoms with van der Waals surface area (Å²) in [6, 6.07) is 29.8. The fourth-order valence-electron chi connectivity index (χ4n) is 7.43. The topological polar surface area (TPSA) is 200 Å². The van der Waals surface area contributed by atoms with Gasteiger partial charge in [-0.1, -0.05) is 36.4 Å². The number of carboxylic acid groups (broad SMARTS) is 1. The molecule has 0 atom stereocenters. The Morgan fingerprint density at radius 2 is 1.09 bits per heavy atom. The lowest BCUT2D eigenvalue weighted by atomic mass is 9.90. The number of carbonyl (C=O) groups excluding carboxylic acids is 3. The highest BCUT2D eigenvalue weighted by molar-refractivity contribution is 5.97. The second-order valence-electron chi connectivity index (χ2n) is 15.7. The van der Waals surface area contributed by atoms with E-state index in [1.165, 1.54) is 0 Å². The van der Waals surface area contributed by atoms with Gasteiger partial charge in [-0.3, -0.25) is 14.4 Å². The molecule has 3 N–H and O–H groups in total. The first-order chi connectivity index (χ1) is 31.3. The molecule has 4 heterocycles. The number of nitrogens with one attached hydrogen (secondary N) is 2. The van der Waals surface area contributed by atoms with E-state index in [2.05, 4.69) is 32.1 Å². The number of hydrogen-bond acceptors (Lipinski definition) is 8. The van der Waals surface area contributed by atoms with Crippen LogP contribution in [0.3, 0.4) is 0 Å². The third-order valence-corrected chi connectivity index (χ3v) is 11.1. The second-order valence-corrected chi connectivity index (χ2v) is 15.7. The molecule has 18 heteroatoms. The largest absolute Gasteiger partial charge is 0.490 e. The van der Waals surface area contributed by atoms with Gasteiger partial charge in [0, 0.05) is 60.3 Å². The van der Waals surface area contributed by atoms with Crippen molar-refractivity contribution in [2.45, 2.75) is 52.1 Å². The van der Waals surface area contributed by atoms with E-state index in [0.29, 0.717) is 77.0 Å². The maximum Gasteiger partial charge on any atom is 0.490 e. The molecule has 2 saturated heterocycles. The molecule has 0 spiro atoms. The average molecular weight is 905 g/mol. The van der Waals surface area contributed by atoms with Crippen molar-refractivity contribution >= 4 is 24.1 Å². The summed E-state index contributed by atoms with van der Waals surface area (Å²) in [4.78, 5) is 63.9. The first-order valence-corrected chi connectivity index (χ1v) is 20.3.